The van der Waals surface area contributed by atoms with Crippen LogP contribution in [-0.4, -0.2) is 69.9 Å². The zero-order valence-corrected chi connectivity index (χ0v) is 27.9. The van der Waals surface area contributed by atoms with Gasteiger partial charge >= 0.3 is 6.01 Å². The third kappa shape index (κ3) is 4.94. The normalized spacial score (nSPS) is 26.2. The fraction of sp³-hybridized carbons (Fsp3) is 0.421. The third-order valence-corrected chi connectivity index (χ3v) is 12.0. The van der Waals surface area contributed by atoms with Crippen LogP contribution in [0.2, 0.25) is 5.02 Å². The van der Waals surface area contributed by atoms with Crippen LogP contribution >= 0.6 is 11.6 Å². The molecule has 9 rings (SSSR count). The Morgan fingerprint density at radius 1 is 1.14 bits per heavy atom. The number of aromatic nitrogens is 2. The summed E-state index contributed by atoms with van der Waals surface area (Å²) in [5, 5.41) is 15.6. The Bertz CT molecular complexity index is 2180. The number of piperazine rings is 1. The molecule has 0 unspecified atom stereocenters. The highest BCUT2D eigenvalue weighted by molar-refractivity contribution is 6.35. The van der Waals surface area contributed by atoms with E-state index in [1.165, 1.54) is 24.3 Å². The number of phenolic OH excluding ortho intramolecular Hbond substituents is 1. The summed E-state index contributed by atoms with van der Waals surface area (Å²) < 4.78 is 65.9. The smallest absolute Gasteiger partial charge is 0.319 e. The van der Waals surface area contributed by atoms with Gasteiger partial charge in [0.05, 0.1) is 16.1 Å². The maximum Gasteiger partial charge on any atom is 0.319 e. The maximum absolute atomic E-state index is 17.2. The molecule has 5 aliphatic rings. The molecule has 7 nitrogen and oxygen atoms in total. The Balaban J connectivity index is 1.21. The minimum absolute atomic E-state index is 0.0154. The second-order valence-electron chi connectivity index (χ2n) is 14.7. The Morgan fingerprint density at radius 3 is 2.76 bits per heavy atom. The lowest BCUT2D eigenvalue weighted by Gasteiger charge is -2.42. The van der Waals surface area contributed by atoms with Crippen LogP contribution < -0.4 is 15.0 Å². The molecule has 12 heteroatoms. The van der Waals surface area contributed by atoms with E-state index in [-0.39, 0.29) is 81.1 Å². The first-order valence-electron chi connectivity index (χ1n) is 17.1. The van der Waals surface area contributed by atoms with E-state index in [4.69, 9.17) is 27.7 Å². The zero-order chi connectivity index (χ0) is 34.5. The second-order valence-corrected chi connectivity index (χ2v) is 15.1. The number of hydrogen-bond donors (Lipinski definition) is 2. The van der Waals surface area contributed by atoms with Gasteiger partial charge in [0.15, 0.2) is 5.82 Å². The molecule has 0 radical (unpaired) electrons. The van der Waals surface area contributed by atoms with Gasteiger partial charge in [0.1, 0.15) is 29.5 Å². The predicted molar refractivity (Wildman–Crippen MR) is 184 cm³/mol. The van der Waals surface area contributed by atoms with E-state index in [2.05, 4.69) is 21.1 Å². The molecule has 2 N–H and O–H groups in total. The molecule has 4 aromatic rings. The quantitative estimate of drug-likeness (QED) is 0.159. The highest BCUT2D eigenvalue weighted by Gasteiger charge is 2.53. The summed E-state index contributed by atoms with van der Waals surface area (Å²) >= 11 is 6.93. The minimum atomic E-state index is -1.65. The van der Waals surface area contributed by atoms with E-state index in [0.717, 1.165) is 32.1 Å². The van der Waals surface area contributed by atoms with Gasteiger partial charge in [0, 0.05) is 53.1 Å². The highest BCUT2D eigenvalue weighted by Crippen LogP contribution is 2.50. The summed E-state index contributed by atoms with van der Waals surface area (Å²) in [7, 11) is 0. The summed E-state index contributed by atoms with van der Waals surface area (Å²) in [6.07, 6.45) is 10.2. The maximum atomic E-state index is 17.2. The number of halogens is 5. The summed E-state index contributed by atoms with van der Waals surface area (Å²) in [5.41, 5.74) is -0.705. The van der Waals surface area contributed by atoms with Crippen LogP contribution in [-0.2, 0) is 0 Å². The molecule has 0 amide bonds. The van der Waals surface area contributed by atoms with Gasteiger partial charge in [-0.1, -0.05) is 23.6 Å². The van der Waals surface area contributed by atoms with Crippen molar-refractivity contribution in [2.75, 3.05) is 37.7 Å². The topological polar surface area (TPSA) is 73.8 Å². The van der Waals surface area contributed by atoms with Crippen molar-refractivity contribution in [2.24, 2.45) is 5.92 Å². The molecule has 5 heterocycles. The zero-order valence-electron chi connectivity index (χ0n) is 27.1. The van der Waals surface area contributed by atoms with Gasteiger partial charge in [-0.05, 0) is 92.6 Å². The van der Waals surface area contributed by atoms with Crippen molar-refractivity contribution in [1.82, 2.24) is 20.2 Å². The molecule has 5 fully saturated rings. The molecule has 4 saturated heterocycles. The number of benzene rings is 3. The first-order valence-corrected chi connectivity index (χ1v) is 17.5. The van der Waals surface area contributed by atoms with Gasteiger partial charge in [-0.3, -0.25) is 4.90 Å². The molecule has 3 atom stereocenters. The van der Waals surface area contributed by atoms with Crippen molar-refractivity contribution in [2.45, 2.75) is 62.1 Å². The molecule has 0 spiro atoms. The number of anilines is 1. The number of aromatic hydroxyl groups is 1. The minimum Gasteiger partial charge on any atom is -0.508 e. The monoisotopic (exact) mass is 703 g/mol. The van der Waals surface area contributed by atoms with Gasteiger partial charge in [0.2, 0.25) is 0 Å². The van der Waals surface area contributed by atoms with Crippen LogP contribution in [0.25, 0.3) is 32.8 Å². The van der Waals surface area contributed by atoms with E-state index < -0.39 is 23.3 Å². The number of nitrogens with zero attached hydrogens (tertiary/aromatic N) is 4. The summed E-state index contributed by atoms with van der Waals surface area (Å²) in [5.74, 6) is 1.76. The second kappa shape index (κ2) is 11.5. The van der Waals surface area contributed by atoms with Crippen molar-refractivity contribution in [1.29, 1.82) is 0 Å². The summed E-state index contributed by atoms with van der Waals surface area (Å²) in [4.78, 5) is 13.7. The first-order chi connectivity index (χ1) is 24.1. The highest BCUT2D eigenvalue weighted by atomic mass is 35.5. The van der Waals surface area contributed by atoms with Gasteiger partial charge < -0.3 is 20.1 Å². The fourth-order valence-corrected chi connectivity index (χ4v) is 9.60. The van der Waals surface area contributed by atoms with Crippen molar-refractivity contribution in [3.8, 4) is 35.2 Å². The van der Waals surface area contributed by atoms with Gasteiger partial charge in [0.25, 0.3) is 6.08 Å². The Hall–Kier alpha value is -4.11. The summed E-state index contributed by atoms with van der Waals surface area (Å²) in [6, 6.07) is 7.19. The molecule has 2 bridgehead atoms. The number of fused-ring (bicyclic) bond motifs is 5. The molecule has 1 aliphatic carbocycles. The first kappa shape index (κ1) is 31.8. The van der Waals surface area contributed by atoms with Crippen LogP contribution in [0.4, 0.5) is 23.4 Å². The van der Waals surface area contributed by atoms with Gasteiger partial charge in [-0.2, -0.15) is 18.7 Å². The lowest BCUT2D eigenvalue weighted by molar-refractivity contribution is 0.108. The molecule has 50 heavy (non-hydrogen) atoms. The van der Waals surface area contributed by atoms with E-state index in [0.29, 0.717) is 48.6 Å². The number of terminal acetylenes is 1. The van der Waals surface area contributed by atoms with Gasteiger partial charge in [-0.25, -0.2) is 8.78 Å². The van der Waals surface area contributed by atoms with E-state index in [1.54, 1.807) is 6.07 Å². The SMILES string of the molecule is C#Cc1c(F)ccc2cc(O)cc(-c3c(Cl)cc4c(N5C[C@@H]6CC[C@](C7CC7)(C5)N6)nc(OC[C@@]56CCCN5CC(=C(F)F)C6)nc4c3F)c12. The lowest BCUT2D eigenvalue weighted by atomic mass is 9.90. The van der Waals surface area contributed by atoms with E-state index in [9.17, 15) is 18.3 Å². The Kier molecular flexibility index (Phi) is 7.29. The van der Waals surface area contributed by atoms with Gasteiger partial charge in [-0.15, -0.1) is 6.42 Å². The number of hydrogen-bond acceptors (Lipinski definition) is 7. The van der Waals surface area contributed by atoms with Crippen molar-refractivity contribution in [3.05, 3.63) is 64.2 Å². The van der Waals surface area contributed by atoms with Crippen LogP contribution in [0.1, 0.15) is 50.5 Å². The van der Waals surface area contributed by atoms with E-state index in [1.807, 2.05) is 4.90 Å². The number of ether oxygens (including phenoxy) is 1. The molecule has 1 saturated carbocycles. The van der Waals surface area contributed by atoms with Crippen LogP contribution in [0.15, 0.2) is 42.0 Å². The molecule has 4 aliphatic heterocycles. The Morgan fingerprint density at radius 2 is 1.98 bits per heavy atom. The van der Waals surface area contributed by atoms with Crippen molar-refractivity contribution < 1.29 is 27.4 Å². The largest absolute Gasteiger partial charge is 0.508 e. The van der Waals surface area contributed by atoms with E-state index >= 15 is 4.39 Å². The van der Waals surface area contributed by atoms with Crippen LogP contribution in [0.3, 0.4) is 0 Å². The molecule has 3 aromatic carbocycles. The number of phenols is 1. The number of rotatable bonds is 6. The standard InChI is InChI=1S/C38H34ClF4N5O2/c1-2-25-29(40)7-4-20-12-24(49)13-26(30(20)25)31-28(39)14-27-33(32(31)41)44-36(50-19-37-9-3-11-48(37)16-21(15-37)34(42)43)45-35(27)47-17-23-8-10-38(18-47,46-23)22-5-6-22/h1,4,7,12-14,22-23,46,49H,3,5-6,8-11,15-19H2/t23-,37-,38+/m0/s1. The van der Waals surface area contributed by atoms with Crippen LogP contribution in [0.5, 0.6) is 11.8 Å². The Labute approximate surface area is 291 Å². The average Bonchev–Trinajstić information content (AvgIpc) is 3.69. The molecular formula is C38H34ClF4N5O2. The average molecular weight is 704 g/mol. The molecule has 1 aromatic heterocycles. The van der Waals surface area contributed by atoms with Crippen LogP contribution in [0, 0.1) is 29.9 Å². The fourth-order valence-electron chi connectivity index (χ4n) is 9.30. The molecule has 258 valence electrons. The molecular weight excluding hydrogens is 670 g/mol. The predicted octanol–water partition coefficient (Wildman–Crippen LogP) is 7.56. The van der Waals surface area contributed by atoms with Crippen molar-refractivity contribution >= 4 is 39.1 Å². The lowest BCUT2D eigenvalue weighted by Crippen LogP contribution is -2.61. The third-order valence-electron chi connectivity index (χ3n) is 11.7. The van der Waals surface area contributed by atoms with Crippen molar-refractivity contribution in [3.63, 3.8) is 0 Å². The number of nitrogens with one attached hydrogen (secondary N) is 1. The summed E-state index contributed by atoms with van der Waals surface area (Å²) in [6.45, 7) is 2.25.